The molecule has 34 heavy (non-hydrogen) atoms. The van der Waals surface area contributed by atoms with Gasteiger partial charge in [-0.2, -0.15) is 10.4 Å². The van der Waals surface area contributed by atoms with Gasteiger partial charge in [0.2, 0.25) is 0 Å². The van der Waals surface area contributed by atoms with Crippen molar-refractivity contribution in [3.63, 3.8) is 0 Å². The number of benzene rings is 1. The predicted octanol–water partition coefficient (Wildman–Crippen LogP) is 3.35. The molecule has 0 aliphatic carbocycles. The van der Waals surface area contributed by atoms with Crippen LogP contribution in [0, 0.1) is 45.9 Å². The molecule has 176 valence electrons. The van der Waals surface area contributed by atoms with Gasteiger partial charge in [0.1, 0.15) is 18.2 Å². The Morgan fingerprint density at radius 3 is 2.44 bits per heavy atom. The van der Waals surface area contributed by atoms with Crippen LogP contribution in [-0.2, 0) is 22.7 Å². The molecule has 3 aromatic rings. The molecule has 0 aliphatic rings. The summed E-state index contributed by atoms with van der Waals surface area (Å²) in [4.78, 5) is 25.2. The van der Waals surface area contributed by atoms with Gasteiger partial charge in [0.25, 0.3) is 11.5 Å². The quantitative estimate of drug-likeness (QED) is 0.432. The highest BCUT2D eigenvalue weighted by Crippen LogP contribution is 2.25. The Bertz CT molecular complexity index is 1350. The lowest BCUT2D eigenvalue weighted by molar-refractivity contribution is -0.121. The van der Waals surface area contributed by atoms with Gasteiger partial charge in [0.05, 0.1) is 18.5 Å². The Kier molecular flexibility index (Phi) is 7.49. The highest BCUT2D eigenvalue weighted by molar-refractivity contribution is 5.84. The number of methoxy groups -OCH3 is 1. The monoisotopic (exact) mass is 459 g/mol. The molecule has 8 nitrogen and oxygen atoms in total. The van der Waals surface area contributed by atoms with Crippen LogP contribution < -0.4 is 11.0 Å². The van der Waals surface area contributed by atoms with Gasteiger partial charge in [-0.15, -0.1) is 0 Å². The Balaban J connectivity index is 1.80. The van der Waals surface area contributed by atoms with Crippen LogP contribution in [0.2, 0.25) is 0 Å². The Morgan fingerprint density at radius 2 is 1.82 bits per heavy atom. The minimum atomic E-state index is -0.522. The van der Waals surface area contributed by atoms with Crippen molar-refractivity contribution in [2.45, 2.75) is 47.8 Å². The first kappa shape index (κ1) is 24.7. The fraction of sp³-hybridized carbons (Fsp3) is 0.308. The lowest BCUT2D eigenvalue weighted by atomic mass is 10.1. The number of ether oxygens (including phenoxy) is 1. The number of carbonyl (C=O) groups excluding carboxylic acids is 1. The molecular formula is C26H29N5O3. The number of hydrazone groups is 1. The normalized spacial score (nSPS) is 11.1. The van der Waals surface area contributed by atoms with E-state index in [4.69, 9.17) is 4.74 Å². The van der Waals surface area contributed by atoms with Crippen LogP contribution in [0.25, 0.3) is 5.69 Å². The van der Waals surface area contributed by atoms with Gasteiger partial charge in [-0.1, -0.05) is 18.2 Å². The van der Waals surface area contributed by atoms with Crippen molar-refractivity contribution in [3.05, 3.63) is 85.6 Å². The maximum atomic E-state index is 12.7. The standard InChI is InChI=1S/C26H29N5O3/c1-16-8-7-9-17(2)25(16)31-19(4)11-21(20(31)5)13-28-29-24(32)14-30-18(3)10-22(15-34-6)23(12-27)26(30)33/h7-11,13H,14-15H2,1-6H3,(H,29,32). The van der Waals surface area contributed by atoms with Gasteiger partial charge in [-0.3, -0.25) is 9.59 Å². The molecule has 0 fully saturated rings. The molecule has 0 unspecified atom stereocenters. The van der Waals surface area contributed by atoms with E-state index in [2.05, 4.69) is 41.1 Å². The van der Waals surface area contributed by atoms with E-state index in [1.165, 1.54) is 22.8 Å². The minimum absolute atomic E-state index is 0.0253. The summed E-state index contributed by atoms with van der Waals surface area (Å²) >= 11 is 0. The van der Waals surface area contributed by atoms with Gasteiger partial charge in [0.15, 0.2) is 0 Å². The number of carbonyl (C=O) groups is 1. The third-order valence-electron chi connectivity index (χ3n) is 5.83. The van der Waals surface area contributed by atoms with Crippen molar-refractivity contribution in [3.8, 4) is 11.8 Å². The summed E-state index contributed by atoms with van der Waals surface area (Å²) in [5.41, 5.74) is 9.43. The van der Waals surface area contributed by atoms with Gasteiger partial charge in [0, 0.05) is 35.3 Å². The number of pyridine rings is 1. The molecule has 0 saturated carbocycles. The first-order valence-corrected chi connectivity index (χ1v) is 10.9. The van der Waals surface area contributed by atoms with E-state index in [9.17, 15) is 14.9 Å². The number of aryl methyl sites for hydroxylation is 4. The van der Waals surface area contributed by atoms with Crippen LogP contribution in [0.1, 0.15) is 44.9 Å². The van der Waals surface area contributed by atoms with Crippen molar-refractivity contribution in [1.29, 1.82) is 5.26 Å². The molecule has 0 bridgehead atoms. The number of para-hydroxylation sites is 1. The van der Waals surface area contributed by atoms with E-state index in [1.807, 2.05) is 32.0 Å². The van der Waals surface area contributed by atoms with Crippen molar-refractivity contribution < 1.29 is 9.53 Å². The third kappa shape index (κ3) is 4.85. The lowest BCUT2D eigenvalue weighted by Crippen LogP contribution is -2.33. The van der Waals surface area contributed by atoms with Gasteiger partial charge < -0.3 is 13.9 Å². The third-order valence-corrected chi connectivity index (χ3v) is 5.83. The smallest absolute Gasteiger partial charge is 0.269 e. The Morgan fingerprint density at radius 1 is 1.15 bits per heavy atom. The van der Waals surface area contributed by atoms with Crippen molar-refractivity contribution in [2.75, 3.05) is 7.11 Å². The molecule has 1 aromatic carbocycles. The molecule has 0 atom stereocenters. The fourth-order valence-electron chi connectivity index (χ4n) is 4.19. The number of hydrogen-bond acceptors (Lipinski definition) is 5. The molecule has 3 rings (SSSR count). The first-order chi connectivity index (χ1) is 16.2. The van der Waals surface area contributed by atoms with E-state index in [0.717, 1.165) is 22.6 Å². The molecule has 0 spiro atoms. The number of hydrogen-bond donors (Lipinski definition) is 1. The summed E-state index contributed by atoms with van der Waals surface area (Å²) in [6, 6.07) is 11.8. The lowest BCUT2D eigenvalue weighted by Gasteiger charge is -2.15. The summed E-state index contributed by atoms with van der Waals surface area (Å²) in [7, 11) is 1.49. The van der Waals surface area contributed by atoms with E-state index in [1.54, 1.807) is 19.2 Å². The summed E-state index contributed by atoms with van der Waals surface area (Å²) < 4.78 is 8.50. The van der Waals surface area contributed by atoms with Crippen molar-refractivity contribution >= 4 is 12.1 Å². The second-order valence-electron chi connectivity index (χ2n) is 8.32. The summed E-state index contributed by atoms with van der Waals surface area (Å²) in [5, 5.41) is 13.5. The molecule has 0 radical (unpaired) electrons. The Hall–Kier alpha value is -3.96. The predicted molar refractivity (Wildman–Crippen MR) is 131 cm³/mol. The van der Waals surface area contributed by atoms with E-state index >= 15 is 0 Å². The molecule has 2 heterocycles. The van der Waals surface area contributed by atoms with Gasteiger partial charge >= 0.3 is 0 Å². The maximum absolute atomic E-state index is 12.7. The fourth-order valence-corrected chi connectivity index (χ4v) is 4.19. The van der Waals surface area contributed by atoms with Crippen LogP contribution in [0.15, 0.2) is 40.2 Å². The number of amides is 1. The van der Waals surface area contributed by atoms with Crippen molar-refractivity contribution in [1.82, 2.24) is 14.6 Å². The zero-order valence-electron chi connectivity index (χ0n) is 20.4. The second-order valence-corrected chi connectivity index (χ2v) is 8.32. The zero-order valence-corrected chi connectivity index (χ0v) is 20.4. The number of nitrogens with zero attached hydrogens (tertiary/aromatic N) is 4. The molecule has 2 aromatic heterocycles. The number of nitrogens with one attached hydrogen (secondary N) is 1. The largest absolute Gasteiger partial charge is 0.380 e. The van der Waals surface area contributed by atoms with Crippen LogP contribution in [-0.4, -0.2) is 28.4 Å². The average Bonchev–Trinajstić information content (AvgIpc) is 3.05. The molecule has 0 saturated heterocycles. The molecule has 1 amide bonds. The molecule has 0 aliphatic heterocycles. The average molecular weight is 460 g/mol. The van der Waals surface area contributed by atoms with Crippen LogP contribution in [0.5, 0.6) is 0 Å². The van der Waals surface area contributed by atoms with Crippen molar-refractivity contribution in [2.24, 2.45) is 5.10 Å². The van der Waals surface area contributed by atoms with Crippen LogP contribution in [0.3, 0.4) is 0 Å². The summed E-state index contributed by atoms with van der Waals surface area (Å²) in [6.07, 6.45) is 1.60. The highest BCUT2D eigenvalue weighted by atomic mass is 16.5. The van der Waals surface area contributed by atoms with Gasteiger partial charge in [-0.05, 0) is 57.9 Å². The zero-order chi connectivity index (χ0) is 25.0. The first-order valence-electron chi connectivity index (χ1n) is 10.9. The molecule has 8 heteroatoms. The topological polar surface area (TPSA) is 101 Å². The van der Waals surface area contributed by atoms with Crippen LogP contribution in [0.4, 0.5) is 0 Å². The second kappa shape index (κ2) is 10.3. The molecular weight excluding hydrogens is 430 g/mol. The number of nitriles is 1. The maximum Gasteiger partial charge on any atom is 0.269 e. The summed E-state index contributed by atoms with van der Waals surface area (Å²) in [5.74, 6) is -0.464. The SMILES string of the molecule is COCc1cc(C)n(CC(=O)NN=Cc2cc(C)n(-c3c(C)cccc3C)c2C)c(=O)c1C#N. The van der Waals surface area contributed by atoms with E-state index < -0.39 is 11.5 Å². The minimum Gasteiger partial charge on any atom is -0.380 e. The number of aromatic nitrogens is 2. The van der Waals surface area contributed by atoms with Crippen LogP contribution >= 0.6 is 0 Å². The van der Waals surface area contributed by atoms with Gasteiger partial charge in [-0.25, -0.2) is 5.43 Å². The molecule has 1 N–H and O–H groups in total. The van der Waals surface area contributed by atoms with E-state index in [0.29, 0.717) is 11.3 Å². The summed E-state index contributed by atoms with van der Waals surface area (Å²) in [6.45, 7) is 9.82. The number of rotatable bonds is 7. The Labute approximate surface area is 199 Å². The van der Waals surface area contributed by atoms with E-state index in [-0.39, 0.29) is 18.7 Å². The highest BCUT2D eigenvalue weighted by Gasteiger charge is 2.16.